The Bertz CT molecular complexity index is 298. The fourth-order valence-electron chi connectivity index (χ4n) is 1.55. The second kappa shape index (κ2) is 6.20. The molecule has 0 amide bonds. The minimum absolute atomic E-state index is 1.19. The molecule has 0 fully saturated rings. The number of hydrogen-bond donors (Lipinski definition) is 0. The lowest BCUT2D eigenvalue weighted by Crippen LogP contribution is -1.92. The van der Waals surface area contributed by atoms with Gasteiger partial charge in [0, 0.05) is 0 Å². The van der Waals surface area contributed by atoms with Crippen molar-refractivity contribution >= 4 is 0 Å². The van der Waals surface area contributed by atoms with Gasteiger partial charge in [-0.15, -0.1) is 0 Å². The number of allylic oxidation sites excluding steroid dienone is 9. The molecular weight excluding hydrogens is 168 g/mol. The van der Waals surface area contributed by atoms with Crippen LogP contribution < -0.4 is 0 Å². The molecule has 14 heavy (non-hydrogen) atoms. The minimum Gasteiger partial charge on any atom is -0.0991 e. The highest BCUT2D eigenvalue weighted by molar-refractivity contribution is 5.35. The van der Waals surface area contributed by atoms with Gasteiger partial charge in [0.05, 0.1) is 0 Å². The van der Waals surface area contributed by atoms with Crippen molar-refractivity contribution in [3.63, 3.8) is 0 Å². The van der Waals surface area contributed by atoms with Crippen LogP contribution in [0, 0.1) is 0 Å². The molecule has 1 aliphatic carbocycles. The Kier molecular flexibility index (Phi) is 4.77. The van der Waals surface area contributed by atoms with Gasteiger partial charge < -0.3 is 0 Å². The van der Waals surface area contributed by atoms with Gasteiger partial charge in [0.2, 0.25) is 0 Å². The maximum atomic E-state index is 3.67. The van der Waals surface area contributed by atoms with Gasteiger partial charge in [-0.1, -0.05) is 49.1 Å². The highest BCUT2D eigenvalue weighted by Gasteiger charge is 2.03. The molecule has 0 aliphatic heterocycles. The topological polar surface area (TPSA) is 0 Å². The average Bonchev–Trinajstić information content (AvgIpc) is 2.24. The van der Waals surface area contributed by atoms with E-state index < -0.39 is 0 Å². The Balaban J connectivity index is 2.72. The van der Waals surface area contributed by atoms with Gasteiger partial charge in [0.25, 0.3) is 0 Å². The van der Waals surface area contributed by atoms with Crippen molar-refractivity contribution in [1.82, 2.24) is 0 Å². The first-order valence-electron chi connectivity index (χ1n) is 5.18. The zero-order chi connectivity index (χ0) is 10.2. The standard InChI is InChI=1S/C14H18/c1-3-5-8-13-10-7-11-14(12-13)9-6-4-2/h3-6,8-9,12H,1,7,10-11H2,2H3. The van der Waals surface area contributed by atoms with Crippen LogP contribution in [-0.2, 0) is 0 Å². The van der Waals surface area contributed by atoms with Crippen LogP contribution in [0.15, 0.2) is 60.3 Å². The number of hydrogen-bond acceptors (Lipinski definition) is 0. The van der Waals surface area contributed by atoms with E-state index in [1.54, 1.807) is 0 Å². The summed E-state index contributed by atoms with van der Waals surface area (Å²) in [4.78, 5) is 0. The van der Waals surface area contributed by atoms with Gasteiger partial charge in [0.1, 0.15) is 0 Å². The van der Waals surface area contributed by atoms with Crippen molar-refractivity contribution in [3.05, 3.63) is 60.3 Å². The molecule has 0 heterocycles. The van der Waals surface area contributed by atoms with Crippen molar-refractivity contribution in [3.8, 4) is 0 Å². The van der Waals surface area contributed by atoms with Crippen LogP contribution in [0.5, 0.6) is 0 Å². The molecule has 0 aromatic heterocycles. The molecule has 0 atom stereocenters. The second-order valence-electron chi connectivity index (χ2n) is 3.43. The van der Waals surface area contributed by atoms with Crippen LogP contribution >= 0.6 is 0 Å². The fraction of sp³-hybridized carbons (Fsp3) is 0.286. The van der Waals surface area contributed by atoms with E-state index >= 15 is 0 Å². The quantitative estimate of drug-likeness (QED) is 0.575. The van der Waals surface area contributed by atoms with E-state index in [2.05, 4.69) is 37.0 Å². The average molecular weight is 186 g/mol. The van der Waals surface area contributed by atoms with Gasteiger partial charge in [-0.3, -0.25) is 0 Å². The monoisotopic (exact) mass is 186 g/mol. The lowest BCUT2D eigenvalue weighted by molar-refractivity contribution is 0.798. The van der Waals surface area contributed by atoms with E-state index in [1.807, 2.05) is 19.1 Å². The molecule has 0 radical (unpaired) electrons. The van der Waals surface area contributed by atoms with E-state index in [-0.39, 0.29) is 0 Å². The van der Waals surface area contributed by atoms with Crippen molar-refractivity contribution < 1.29 is 0 Å². The summed E-state index contributed by atoms with van der Waals surface area (Å²) in [5.41, 5.74) is 2.84. The number of rotatable bonds is 3. The molecule has 0 saturated heterocycles. The first-order valence-corrected chi connectivity index (χ1v) is 5.18. The molecular formula is C14H18. The van der Waals surface area contributed by atoms with Gasteiger partial charge >= 0.3 is 0 Å². The predicted octanol–water partition coefficient (Wildman–Crippen LogP) is 4.34. The second-order valence-corrected chi connectivity index (χ2v) is 3.43. The lowest BCUT2D eigenvalue weighted by atomic mass is 9.94. The fourth-order valence-corrected chi connectivity index (χ4v) is 1.55. The highest BCUT2D eigenvalue weighted by Crippen LogP contribution is 2.22. The first-order chi connectivity index (χ1) is 6.86. The molecule has 0 N–H and O–H groups in total. The summed E-state index contributed by atoms with van der Waals surface area (Å²) < 4.78 is 0. The van der Waals surface area contributed by atoms with Crippen LogP contribution in [0.25, 0.3) is 0 Å². The lowest BCUT2D eigenvalue weighted by Gasteiger charge is -2.11. The van der Waals surface area contributed by atoms with E-state index in [0.29, 0.717) is 0 Å². The smallest absolute Gasteiger partial charge is 0.0276 e. The molecule has 0 heteroatoms. The maximum Gasteiger partial charge on any atom is -0.0276 e. The molecule has 0 aromatic carbocycles. The first kappa shape index (κ1) is 10.8. The molecule has 0 nitrogen and oxygen atoms in total. The molecule has 74 valence electrons. The largest absolute Gasteiger partial charge is 0.0991 e. The third-order valence-electron chi connectivity index (χ3n) is 2.25. The zero-order valence-electron chi connectivity index (χ0n) is 8.87. The molecule has 1 aliphatic rings. The van der Waals surface area contributed by atoms with Gasteiger partial charge in [-0.05, 0) is 37.3 Å². The van der Waals surface area contributed by atoms with Gasteiger partial charge in [-0.25, -0.2) is 0 Å². The van der Waals surface area contributed by atoms with Crippen LogP contribution in [0.3, 0.4) is 0 Å². The summed E-state index contributed by atoms with van der Waals surface area (Å²) in [5, 5.41) is 0. The molecule has 0 spiro atoms. The Morgan fingerprint density at radius 1 is 1.29 bits per heavy atom. The van der Waals surface area contributed by atoms with Gasteiger partial charge in [0.15, 0.2) is 0 Å². The summed E-state index contributed by atoms with van der Waals surface area (Å²) in [6.07, 6.45) is 18.3. The van der Waals surface area contributed by atoms with E-state index in [1.165, 1.54) is 30.4 Å². The minimum atomic E-state index is 1.19. The summed E-state index contributed by atoms with van der Waals surface area (Å²) in [6.45, 7) is 5.72. The summed E-state index contributed by atoms with van der Waals surface area (Å²) in [7, 11) is 0. The van der Waals surface area contributed by atoms with Crippen LogP contribution in [0.2, 0.25) is 0 Å². The SMILES string of the molecule is C=CC=CC1=CC(=CC=CC)CCC1. The third-order valence-corrected chi connectivity index (χ3v) is 2.25. The van der Waals surface area contributed by atoms with Crippen LogP contribution in [-0.4, -0.2) is 0 Å². The summed E-state index contributed by atoms with van der Waals surface area (Å²) in [6, 6.07) is 0. The maximum absolute atomic E-state index is 3.67. The van der Waals surface area contributed by atoms with Crippen LogP contribution in [0.1, 0.15) is 26.2 Å². The predicted molar refractivity (Wildman–Crippen MR) is 64.2 cm³/mol. The Morgan fingerprint density at radius 2 is 2.14 bits per heavy atom. The molecule has 0 unspecified atom stereocenters. The van der Waals surface area contributed by atoms with E-state index in [9.17, 15) is 0 Å². The van der Waals surface area contributed by atoms with Crippen molar-refractivity contribution in [1.29, 1.82) is 0 Å². The van der Waals surface area contributed by atoms with Crippen molar-refractivity contribution in [2.75, 3.05) is 0 Å². The Labute approximate surface area is 87.0 Å². The third kappa shape index (κ3) is 3.61. The van der Waals surface area contributed by atoms with Crippen LogP contribution in [0.4, 0.5) is 0 Å². The normalized spacial score (nSPS) is 20.6. The summed E-state index contributed by atoms with van der Waals surface area (Å²) >= 11 is 0. The molecule has 0 bridgehead atoms. The zero-order valence-corrected chi connectivity index (χ0v) is 8.87. The molecule has 0 saturated carbocycles. The Morgan fingerprint density at radius 3 is 2.86 bits per heavy atom. The summed E-state index contributed by atoms with van der Waals surface area (Å²) in [5.74, 6) is 0. The Hall–Kier alpha value is -1.30. The molecule has 1 rings (SSSR count). The van der Waals surface area contributed by atoms with Gasteiger partial charge in [-0.2, -0.15) is 0 Å². The van der Waals surface area contributed by atoms with Crippen molar-refractivity contribution in [2.45, 2.75) is 26.2 Å². The van der Waals surface area contributed by atoms with Crippen molar-refractivity contribution in [2.24, 2.45) is 0 Å². The highest BCUT2D eigenvalue weighted by atomic mass is 14.1. The van der Waals surface area contributed by atoms with E-state index in [4.69, 9.17) is 0 Å². The molecule has 0 aromatic rings. The van der Waals surface area contributed by atoms with E-state index in [0.717, 1.165) is 0 Å².